The minimum absolute atomic E-state index is 0.172. The first-order valence-electron chi connectivity index (χ1n) is 5.11. The molecular formula is C11H12ClF3N2O. The fourth-order valence-electron chi connectivity index (χ4n) is 1.39. The third-order valence-electron chi connectivity index (χ3n) is 2.17. The van der Waals surface area contributed by atoms with Crippen LogP contribution in [0.5, 0.6) is 0 Å². The minimum atomic E-state index is -4.31. The lowest BCUT2D eigenvalue weighted by atomic mass is 10.1. The summed E-state index contributed by atoms with van der Waals surface area (Å²) in [6, 6.07) is 3.13. The van der Waals surface area contributed by atoms with Crippen LogP contribution in [0.25, 0.3) is 0 Å². The molecule has 1 rings (SSSR count). The Morgan fingerprint density at radius 3 is 2.61 bits per heavy atom. The van der Waals surface area contributed by atoms with Crippen LogP contribution in [0, 0.1) is 0 Å². The van der Waals surface area contributed by atoms with Crippen LogP contribution in [0.4, 0.5) is 18.9 Å². The first-order chi connectivity index (χ1) is 8.19. The Hall–Kier alpha value is -1.43. The predicted molar refractivity (Wildman–Crippen MR) is 63.5 cm³/mol. The van der Waals surface area contributed by atoms with E-state index in [2.05, 4.69) is 5.32 Å². The molecular weight excluding hydrogens is 269 g/mol. The molecule has 3 N–H and O–H groups in total. The highest BCUT2D eigenvalue weighted by Gasteiger charge is 2.30. The van der Waals surface area contributed by atoms with Crippen molar-refractivity contribution >= 4 is 23.2 Å². The molecule has 0 radical (unpaired) electrons. The third-order valence-corrected chi connectivity index (χ3v) is 2.52. The van der Waals surface area contributed by atoms with Gasteiger partial charge in [-0.25, -0.2) is 0 Å². The molecule has 0 fully saturated rings. The van der Waals surface area contributed by atoms with E-state index in [0.29, 0.717) is 0 Å². The molecule has 100 valence electrons. The molecule has 0 aromatic heterocycles. The van der Waals surface area contributed by atoms with Crippen LogP contribution in [0.1, 0.15) is 23.7 Å². The Morgan fingerprint density at radius 2 is 2.11 bits per heavy atom. The van der Waals surface area contributed by atoms with Crippen molar-refractivity contribution in [1.82, 2.24) is 5.32 Å². The zero-order valence-electron chi connectivity index (χ0n) is 9.51. The fourth-order valence-corrected chi connectivity index (χ4v) is 1.51. The number of alkyl halides is 3. The van der Waals surface area contributed by atoms with Crippen LogP contribution in [-0.4, -0.2) is 18.1 Å². The summed E-state index contributed by atoms with van der Waals surface area (Å²) < 4.78 is 36.3. The molecule has 0 aliphatic heterocycles. The van der Waals surface area contributed by atoms with Crippen molar-refractivity contribution in [3.8, 4) is 0 Å². The molecule has 1 unspecified atom stereocenters. The molecule has 7 heteroatoms. The summed E-state index contributed by atoms with van der Waals surface area (Å²) in [4.78, 5) is 11.6. The van der Waals surface area contributed by atoms with Crippen molar-refractivity contribution in [2.75, 3.05) is 5.73 Å². The number of amides is 1. The Balaban J connectivity index is 2.68. The largest absolute Gasteiger partial charge is 0.398 e. The molecule has 0 spiro atoms. The predicted octanol–water partition coefficient (Wildman–Crippen LogP) is 2.99. The average Bonchev–Trinajstić information content (AvgIpc) is 2.18. The summed E-state index contributed by atoms with van der Waals surface area (Å²) >= 11 is 5.67. The van der Waals surface area contributed by atoms with Crippen LogP contribution < -0.4 is 11.1 Å². The number of halogens is 4. The number of nitrogens with two attached hydrogens (primary N) is 1. The summed E-state index contributed by atoms with van der Waals surface area (Å²) in [5.41, 5.74) is 5.87. The van der Waals surface area contributed by atoms with Gasteiger partial charge in [0.2, 0.25) is 0 Å². The second-order valence-electron chi connectivity index (χ2n) is 3.93. The van der Waals surface area contributed by atoms with Gasteiger partial charge in [-0.1, -0.05) is 11.6 Å². The number of anilines is 1. The quantitative estimate of drug-likeness (QED) is 0.836. The van der Waals surface area contributed by atoms with Crippen LogP contribution >= 0.6 is 11.6 Å². The Labute approximate surface area is 107 Å². The maximum absolute atomic E-state index is 12.1. The van der Waals surface area contributed by atoms with Gasteiger partial charge in [-0.2, -0.15) is 13.2 Å². The van der Waals surface area contributed by atoms with E-state index in [0.717, 1.165) is 0 Å². The van der Waals surface area contributed by atoms with Gasteiger partial charge in [0.15, 0.2) is 0 Å². The minimum Gasteiger partial charge on any atom is -0.398 e. The highest BCUT2D eigenvalue weighted by Crippen LogP contribution is 2.22. The normalized spacial score (nSPS) is 13.2. The SMILES string of the molecule is CC(CC(F)(F)F)NC(=O)c1ccc(Cl)c(N)c1. The van der Waals surface area contributed by atoms with Gasteiger partial charge in [-0.05, 0) is 25.1 Å². The van der Waals surface area contributed by atoms with Gasteiger partial charge in [0.1, 0.15) is 0 Å². The molecule has 0 heterocycles. The first kappa shape index (κ1) is 14.6. The fraction of sp³-hybridized carbons (Fsp3) is 0.364. The maximum Gasteiger partial charge on any atom is 0.391 e. The third kappa shape index (κ3) is 4.44. The van der Waals surface area contributed by atoms with Crippen molar-refractivity contribution in [3.63, 3.8) is 0 Å². The van der Waals surface area contributed by atoms with E-state index in [1.54, 1.807) is 0 Å². The van der Waals surface area contributed by atoms with Gasteiger partial charge in [0.25, 0.3) is 5.91 Å². The Bertz CT molecular complexity index is 448. The maximum atomic E-state index is 12.1. The summed E-state index contributed by atoms with van der Waals surface area (Å²) in [6.45, 7) is 1.28. The molecule has 1 amide bonds. The lowest BCUT2D eigenvalue weighted by molar-refractivity contribution is -0.138. The zero-order chi connectivity index (χ0) is 13.9. The highest BCUT2D eigenvalue weighted by molar-refractivity contribution is 6.33. The lowest BCUT2D eigenvalue weighted by Gasteiger charge is -2.16. The number of hydrogen-bond donors (Lipinski definition) is 2. The zero-order valence-corrected chi connectivity index (χ0v) is 10.3. The van der Waals surface area contributed by atoms with Crippen LogP contribution in [0.2, 0.25) is 5.02 Å². The number of nitrogen functional groups attached to an aromatic ring is 1. The van der Waals surface area contributed by atoms with Gasteiger partial charge in [0.05, 0.1) is 17.1 Å². The van der Waals surface area contributed by atoms with E-state index in [1.165, 1.54) is 25.1 Å². The molecule has 0 saturated carbocycles. The topological polar surface area (TPSA) is 55.1 Å². The van der Waals surface area contributed by atoms with Crippen molar-refractivity contribution in [2.24, 2.45) is 0 Å². The molecule has 1 aromatic rings. The molecule has 1 atom stereocenters. The molecule has 0 aliphatic carbocycles. The van der Waals surface area contributed by atoms with E-state index in [-0.39, 0.29) is 16.3 Å². The van der Waals surface area contributed by atoms with Crippen molar-refractivity contribution in [2.45, 2.75) is 25.6 Å². The summed E-state index contributed by atoms with van der Waals surface area (Å²) in [5, 5.41) is 2.53. The van der Waals surface area contributed by atoms with Gasteiger partial charge < -0.3 is 11.1 Å². The molecule has 0 aliphatic rings. The standard InChI is InChI=1S/C11H12ClF3N2O/c1-6(5-11(13,14)15)17-10(18)7-2-3-8(12)9(16)4-7/h2-4,6H,5,16H2,1H3,(H,17,18). The van der Waals surface area contributed by atoms with Crippen LogP contribution in [0.15, 0.2) is 18.2 Å². The molecule has 3 nitrogen and oxygen atoms in total. The van der Waals surface area contributed by atoms with E-state index >= 15 is 0 Å². The Kier molecular flexibility index (Phi) is 4.45. The second kappa shape index (κ2) is 5.48. The van der Waals surface area contributed by atoms with Crippen molar-refractivity contribution in [1.29, 1.82) is 0 Å². The number of rotatable bonds is 3. The number of nitrogens with one attached hydrogen (secondary N) is 1. The Morgan fingerprint density at radius 1 is 1.50 bits per heavy atom. The number of carbonyl (C=O) groups excluding carboxylic acids is 1. The molecule has 0 saturated heterocycles. The van der Waals surface area contributed by atoms with Crippen molar-refractivity contribution in [3.05, 3.63) is 28.8 Å². The van der Waals surface area contributed by atoms with Gasteiger partial charge in [-0.15, -0.1) is 0 Å². The highest BCUT2D eigenvalue weighted by atomic mass is 35.5. The first-order valence-corrected chi connectivity index (χ1v) is 5.49. The van der Waals surface area contributed by atoms with Gasteiger partial charge in [-0.3, -0.25) is 4.79 Å². The number of benzene rings is 1. The monoisotopic (exact) mass is 280 g/mol. The number of hydrogen-bond acceptors (Lipinski definition) is 2. The summed E-state index contributed by atoms with van der Waals surface area (Å²) in [7, 11) is 0. The van der Waals surface area contributed by atoms with E-state index < -0.39 is 24.5 Å². The van der Waals surface area contributed by atoms with Crippen LogP contribution in [0.3, 0.4) is 0 Å². The molecule has 18 heavy (non-hydrogen) atoms. The summed E-state index contributed by atoms with van der Waals surface area (Å²) in [5.74, 6) is -0.616. The second-order valence-corrected chi connectivity index (χ2v) is 4.34. The van der Waals surface area contributed by atoms with E-state index in [9.17, 15) is 18.0 Å². The van der Waals surface area contributed by atoms with Crippen LogP contribution in [-0.2, 0) is 0 Å². The lowest BCUT2D eigenvalue weighted by Crippen LogP contribution is -2.35. The van der Waals surface area contributed by atoms with E-state index in [1.807, 2.05) is 0 Å². The summed E-state index contributed by atoms with van der Waals surface area (Å²) in [6.07, 6.45) is -5.40. The van der Waals surface area contributed by atoms with Gasteiger partial charge >= 0.3 is 6.18 Å². The van der Waals surface area contributed by atoms with Gasteiger partial charge in [0, 0.05) is 11.6 Å². The smallest absolute Gasteiger partial charge is 0.391 e. The molecule has 1 aromatic carbocycles. The molecule has 0 bridgehead atoms. The average molecular weight is 281 g/mol. The number of carbonyl (C=O) groups is 1. The van der Waals surface area contributed by atoms with E-state index in [4.69, 9.17) is 17.3 Å². The van der Waals surface area contributed by atoms with Crippen molar-refractivity contribution < 1.29 is 18.0 Å².